The molecule has 5 rings (SSSR count). The highest BCUT2D eigenvalue weighted by Crippen LogP contribution is 2.36. The van der Waals surface area contributed by atoms with E-state index < -0.39 is 43.9 Å². The monoisotopic (exact) mass is 991 g/mol. The number of carbonyl (C=O) groups excluding carboxylic acids is 1. The number of ether oxygens (including phenoxy) is 3. The van der Waals surface area contributed by atoms with Gasteiger partial charge in [0.25, 0.3) is 20.2 Å². The Labute approximate surface area is 366 Å². The van der Waals surface area contributed by atoms with Crippen LogP contribution in [-0.4, -0.2) is 88.1 Å². The molecule has 0 spiro atoms. The summed E-state index contributed by atoms with van der Waals surface area (Å²) in [5.41, 5.74) is 7.04. The lowest BCUT2D eigenvalue weighted by atomic mass is 9.93. The number of rotatable bonds is 21. The number of nitriles is 1. The van der Waals surface area contributed by atoms with Gasteiger partial charge in [0.1, 0.15) is 48.8 Å². The van der Waals surface area contributed by atoms with Gasteiger partial charge in [-0.2, -0.15) is 22.1 Å². The van der Waals surface area contributed by atoms with Crippen molar-refractivity contribution in [3.8, 4) is 34.4 Å². The second-order valence-corrected chi connectivity index (χ2v) is 18.6. The average Bonchev–Trinajstić information content (AvgIpc) is 3.66. The van der Waals surface area contributed by atoms with Gasteiger partial charge in [-0.3, -0.25) is 32.9 Å². The Bertz CT molecular complexity index is 2590. The zero-order valence-corrected chi connectivity index (χ0v) is 37.1. The van der Waals surface area contributed by atoms with E-state index in [0.717, 1.165) is 27.8 Å². The molecule has 17 nitrogen and oxygen atoms in total. The molecule has 3 aromatic carbocycles. The summed E-state index contributed by atoms with van der Waals surface area (Å²) < 4.78 is 95.3. The smallest absolute Gasteiger partial charge is 0.286 e. The van der Waals surface area contributed by atoms with E-state index in [1.54, 1.807) is 41.2 Å². The first kappa shape index (κ1) is 46.8. The molecule has 324 valence electrons. The summed E-state index contributed by atoms with van der Waals surface area (Å²) in [5.74, 6) is 0.797. The van der Waals surface area contributed by atoms with Gasteiger partial charge in [0.2, 0.25) is 10.5 Å². The van der Waals surface area contributed by atoms with Gasteiger partial charge in [0, 0.05) is 42.7 Å². The van der Waals surface area contributed by atoms with Gasteiger partial charge in [0.15, 0.2) is 0 Å². The third kappa shape index (κ3) is 13.1. The van der Waals surface area contributed by atoms with Gasteiger partial charge in [0.05, 0.1) is 35.1 Å². The second kappa shape index (κ2) is 21.0. The van der Waals surface area contributed by atoms with Crippen LogP contribution in [0.15, 0.2) is 73.2 Å². The number of halogens is 2. The molecular weight excluding hydrogens is 949 g/mol. The van der Waals surface area contributed by atoms with Gasteiger partial charge in [-0.05, 0) is 95.9 Å². The van der Waals surface area contributed by atoms with Gasteiger partial charge in [-0.25, -0.2) is 0 Å². The van der Waals surface area contributed by atoms with E-state index >= 15 is 0 Å². The van der Waals surface area contributed by atoms with Crippen LogP contribution in [0.4, 0.5) is 4.39 Å². The maximum absolute atomic E-state index is 12.7. The lowest BCUT2D eigenvalue weighted by Gasteiger charge is -2.21. The number of pyridine rings is 1. The first-order valence-corrected chi connectivity index (χ1v) is 22.6. The molecule has 0 bridgehead atoms. The van der Waals surface area contributed by atoms with Crippen molar-refractivity contribution >= 4 is 48.7 Å². The predicted molar refractivity (Wildman–Crippen MR) is 229 cm³/mol. The highest BCUT2D eigenvalue weighted by atomic mass is 127. The number of alkyl halides is 1. The average molecular weight is 992 g/mol. The maximum Gasteiger partial charge on any atom is 0.286 e. The Morgan fingerprint density at radius 3 is 2.33 bits per heavy atom. The molecule has 1 amide bonds. The van der Waals surface area contributed by atoms with E-state index in [-0.39, 0.29) is 32.9 Å². The number of benzene rings is 3. The maximum atomic E-state index is 12.7. The minimum atomic E-state index is -5.23. The number of aryl methyl sites for hydroxylation is 1. The zero-order chi connectivity index (χ0) is 44.3. The van der Waals surface area contributed by atoms with Crippen LogP contribution in [0.2, 0.25) is 0 Å². The van der Waals surface area contributed by atoms with E-state index in [1.807, 2.05) is 62.4 Å². The highest BCUT2D eigenvalue weighted by molar-refractivity contribution is 14.1. The van der Waals surface area contributed by atoms with Crippen molar-refractivity contribution < 1.29 is 49.3 Å². The fraction of sp³-hybridized carbons (Fsp3) is 0.325. The molecule has 0 saturated heterocycles. The van der Waals surface area contributed by atoms with Gasteiger partial charge >= 0.3 is 0 Å². The van der Waals surface area contributed by atoms with Crippen LogP contribution in [0, 0.1) is 28.7 Å². The van der Waals surface area contributed by atoms with Crippen LogP contribution < -0.4 is 19.5 Å². The molecule has 3 N–H and O–H groups in total. The van der Waals surface area contributed by atoms with E-state index in [2.05, 4.69) is 43.2 Å². The largest absolute Gasteiger partial charge is 0.488 e. The Morgan fingerprint density at radius 2 is 1.62 bits per heavy atom. The topological polar surface area (TPSA) is 236 Å². The summed E-state index contributed by atoms with van der Waals surface area (Å²) in [6.45, 7) is 3.16. The van der Waals surface area contributed by atoms with Crippen LogP contribution in [-0.2, 0) is 57.9 Å². The van der Waals surface area contributed by atoms with Crippen LogP contribution >= 0.6 is 22.6 Å². The van der Waals surface area contributed by atoms with Crippen molar-refractivity contribution in [2.75, 3.05) is 26.8 Å². The number of hydrogen-bond donors (Lipinski definition) is 3. The van der Waals surface area contributed by atoms with Crippen molar-refractivity contribution in [1.29, 1.82) is 5.26 Å². The first-order valence-electron chi connectivity index (χ1n) is 18.5. The molecule has 0 aliphatic carbocycles. The molecule has 0 atom stereocenters. The second-order valence-electron chi connectivity index (χ2n) is 13.9. The molecule has 0 unspecified atom stereocenters. The molecule has 5 aromatic rings. The Hall–Kier alpha value is -5.25. The van der Waals surface area contributed by atoms with Crippen LogP contribution in [0.25, 0.3) is 11.1 Å². The minimum Gasteiger partial charge on any atom is -0.488 e. The van der Waals surface area contributed by atoms with Crippen molar-refractivity contribution in [3.05, 3.63) is 116 Å². The molecule has 21 heteroatoms. The number of likely N-dealkylation sites (N-methyl/N-ethyl adjacent to an activating group) is 1. The molecule has 0 aliphatic heterocycles. The zero-order valence-electron chi connectivity index (χ0n) is 33.3. The van der Waals surface area contributed by atoms with Crippen LogP contribution in [0.3, 0.4) is 0 Å². The fourth-order valence-corrected chi connectivity index (χ4v) is 8.68. The van der Waals surface area contributed by atoms with E-state index in [1.165, 1.54) is 6.20 Å². The molecular formula is C40H43FIN7O10S2. The predicted octanol–water partition coefficient (Wildman–Crippen LogP) is 5.18. The van der Waals surface area contributed by atoms with E-state index in [0.29, 0.717) is 56.2 Å². The Balaban J connectivity index is 1.32. The highest BCUT2D eigenvalue weighted by Gasteiger charge is 2.36. The number of nitrogens with one attached hydrogen (secondary N) is 1. The SMILES string of the molecule is Cc1c(COc2cc(OCc3cncc(C#N)c3)c(CN(C)CC(=O)NCC(S(=O)(=O)O)S(=O)(=O)O)cc2I)cccc1-c1cccc(OCc2cn(CCCF)nn2)c1C. The summed E-state index contributed by atoms with van der Waals surface area (Å²) in [4.78, 5) is 18.3. The van der Waals surface area contributed by atoms with Gasteiger partial charge < -0.3 is 19.5 Å². The van der Waals surface area contributed by atoms with E-state index in [9.17, 15) is 40.4 Å². The van der Waals surface area contributed by atoms with E-state index in [4.69, 9.17) is 14.2 Å². The van der Waals surface area contributed by atoms with Crippen molar-refractivity contribution in [2.24, 2.45) is 0 Å². The number of aromatic nitrogens is 4. The third-order valence-corrected chi connectivity index (χ3v) is 13.3. The number of carbonyl (C=O) groups is 1. The van der Waals surface area contributed by atoms with Crippen molar-refractivity contribution in [3.63, 3.8) is 0 Å². The van der Waals surface area contributed by atoms with Crippen molar-refractivity contribution in [2.45, 2.75) is 57.8 Å². The lowest BCUT2D eigenvalue weighted by molar-refractivity contribution is -0.121. The third-order valence-electron chi connectivity index (χ3n) is 9.30. The molecule has 61 heavy (non-hydrogen) atoms. The summed E-state index contributed by atoms with van der Waals surface area (Å²) in [5, 5.41) is 19.6. The number of amides is 1. The molecule has 2 heterocycles. The molecule has 0 radical (unpaired) electrons. The molecule has 2 aromatic heterocycles. The molecule has 0 aliphatic rings. The first-order chi connectivity index (χ1) is 29.0. The summed E-state index contributed by atoms with van der Waals surface area (Å²) in [7, 11) is -8.87. The summed E-state index contributed by atoms with van der Waals surface area (Å²) >= 11 is 2.13. The number of nitrogens with zero attached hydrogens (tertiary/aromatic N) is 6. The van der Waals surface area contributed by atoms with Crippen LogP contribution in [0.1, 0.15) is 45.5 Å². The standard InChI is InChI=1S/C40H43FIN7O10S2/c1-26-30(7-4-8-33(26)34-9-5-10-36(27(34)2)59-25-32-21-49(47-46-32)12-6-11-41)24-58-38-15-37(57-23-29-13-28(16-43)17-44-18-29)31(14-35(38)42)20-48(3)22-39(50)45-19-40(60(51,52)53)61(54,55)56/h4-5,7-10,13-15,17-18,21,40H,6,11-12,19-20,22-25H2,1-3H3,(H,45,50)(H,51,52,53)(H,54,55,56). The quantitative estimate of drug-likeness (QED) is 0.0635. The lowest BCUT2D eigenvalue weighted by Crippen LogP contribution is -2.44. The number of hydrogen-bond acceptors (Lipinski definition) is 13. The Kier molecular flexibility index (Phi) is 16.1. The molecule has 0 fully saturated rings. The van der Waals surface area contributed by atoms with Crippen molar-refractivity contribution in [1.82, 2.24) is 30.2 Å². The van der Waals surface area contributed by atoms with Gasteiger partial charge in [-0.1, -0.05) is 35.5 Å². The van der Waals surface area contributed by atoms with Crippen LogP contribution in [0.5, 0.6) is 17.2 Å². The summed E-state index contributed by atoms with van der Waals surface area (Å²) in [6.07, 6.45) is 5.10. The van der Waals surface area contributed by atoms with Gasteiger partial charge in [-0.15, -0.1) is 5.10 Å². The molecule has 0 saturated carbocycles. The minimum absolute atomic E-state index is 0.0380. The summed E-state index contributed by atoms with van der Waals surface area (Å²) in [6, 6.07) is 19.0. The fourth-order valence-electron chi connectivity index (χ4n) is 6.18. The normalized spacial score (nSPS) is 11.7. The Morgan fingerprint density at radius 1 is 0.934 bits per heavy atom.